The molecule has 0 saturated heterocycles. The van der Waals surface area contributed by atoms with Gasteiger partial charge in [-0.2, -0.15) is 0 Å². The van der Waals surface area contributed by atoms with Gasteiger partial charge in [0.05, 0.1) is 0 Å². The Labute approximate surface area is 245 Å². The maximum absolute atomic E-state index is 4.94. The van der Waals surface area contributed by atoms with E-state index >= 15 is 0 Å². The van der Waals surface area contributed by atoms with Crippen molar-refractivity contribution >= 4 is 0 Å². The monoisotopic (exact) mass is 535 g/mol. The van der Waals surface area contributed by atoms with Gasteiger partial charge in [-0.25, -0.2) is 15.0 Å². The molecule has 196 valence electrons. The maximum Gasteiger partial charge on any atom is 0.164 e. The fourth-order valence-electron chi connectivity index (χ4n) is 4.97. The summed E-state index contributed by atoms with van der Waals surface area (Å²) in [6, 6.07) is 57.8. The highest BCUT2D eigenvalue weighted by atomic mass is 15.0. The lowest BCUT2D eigenvalue weighted by atomic mass is 10.0. The molecule has 1 aromatic heterocycles. The van der Waals surface area contributed by atoms with Gasteiger partial charge in [0.25, 0.3) is 0 Å². The van der Waals surface area contributed by atoms with Crippen molar-refractivity contribution in [2.24, 2.45) is 0 Å². The SMILES string of the molecule is c1cccc(-c2ccc(-c3nc(-c4ccc(-c5ccccc5)cc4)nc(-c4ccc(-c5ccccc5)cc4)n3)cc2)c#1. The van der Waals surface area contributed by atoms with E-state index in [9.17, 15) is 0 Å². The van der Waals surface area contributed by atoms with Crippen LogP contribution in [0.25, 0.3) is 67.5 Å². The molecule has 0 radical (unpaired) electrons. The van der Waals surface area contributed by atoms with Gasteiger partial charge in [0, 0.05) is 22.3 Å². The number of hydrogen-bond acceptors (Lipinski definition) is 3. The van der Waals surface area contributed by atoms with Gasteiger partial charge in [-0.3, -0.25) is 0 Å². The third-order valence-corrected chi connectivity index (χ3v) is 7.24. The van der Waals surface area contributed by atoms with E-state index in [1.807, 2.05) is 30.3 Å². The fourth-order valence-corrected chi connectivity index (χ4v) is 4.97. The molecule has 0 fully saturated rings. The molecule has 0 saturated carbocycles. The standard InChI is InChI=1S/C39H25N3/c1-4-10-28(11-5-1)31-16-22-34(23-17-31)37-40-38(35-24-18-32(19-25-35)29-12-6-2-7-13-29)42-39(41-37)36-26-20-33(21-27-36)30-14-8-3-9-15-30/h1-8,10-14,16-27H. The Balaban J connectivity index is 1.29. The van der Waals surface area contributed by atoms with E-state index in [0.717, 1.165) is 38.9 Å². The summed E-state index contributed by atoms with van der Waals surface area (Å²) in [7, 11) is 0. The predicted octanol–water partition coefficient (Wildman–Crippen LogP) is 9.47. The minimum Gasteiger partial charge on any atom is -0.208 e. The van der Waals surface area contributed by atoms with Gasteiger partial charge < -0.3 is 0 Å². The van der Waals surface area contributed by atoms with Crippen LogP contribution in [0.5, 0.6) is 0 Å². The zero-order chi connectivity index (χ0) is 28.1. The summed E-state index contributed by atoms with van der Waals surface area (Å²) in [5.41, 5.74) is 9.51. The molecule has 0 N–H and O–H groups in total. The minimum absolute atomic E-state index is 0.629. The molecule has 0 spiro atoms. The second kappa shape index (κ2) is 11.3. The summed E-state index contributed by atoms with van der Waals surface area (Å²) < 4.78 is 0. The van der Waals surface area contributed by atoms with Crippen LogP contribution in [0.3, 0.4) is 0 Å². The first-order chi connectivity index (χ1) is 20.8. The van der Waals surface area contributed by atoms with Crippen molar-refractivity contribution in [3.8, 4) is 67.5 Å². The second-order valence-corrected chi connectivity index (χ2v) is 9.98. The van der Waals surface area contributed by atoms with E-state index in [0.29, 0.717) is 17.5 Å². The Morgan fingerprint density at radius 3 is 1.05 bits per heavy atom. The highest BCUT2D eigenvalue weighted by Crippen LogP contribution is 2.29. The van der Waals surface area contributed by atoms with Crippen molar-refractivity contribution in [1.82, 2.24) is 15.0 Å². The van der Waals surface area contributed by atoms with E-state index in [2.05, 4.69) is 133 Å². The molecule has 0 atom stereocenters. The Hall–Kier alpha value is -5.85. The van der Waals surface area contributed by atoms with E-state index in [1.54, 1.807) is 0 Å². The molecule has 0 unspecified atom stereocenters. The highest BCUT2D eigenvalue weighted by Gasteiger charge is 2.13. The van der Waals surface area contributed by atoms with Crippen LogP contribution >= 0.6 is 0 Å². The largest absolute Gasteiger partial charge is 0.208 e. The van der Waals surface area contributed by atoms with Crippen LogP contribution in [0, 0.1) is 12.1 Å². The highest BCUT2D eigenvalue weighted by molar-refractivity contribution is 5.73. The molecule has 0 aliphatic heterocycles. The quantitative estimate of drug-likeness (QED) is 0.213. The average molecular weight is 536 g/mol. The van der Waals surface area contributed by atoms with Crippen molar-refractivity contribution < 1.29 is 0 Å². The smallest absolute Gasteiger partial charge is 0.164 e. The fraction of sp³-hybridized carbons (Fsp3) is 0. The van der Waals surface area contributed by atoms with Crippen molar-refractivity contribution in [1.29, 1.82) is 0 Å². The van der Waals surface area contributed by atoms with Crippen LogP contribution in [-0.4, -0.2) is 15.0 Å². The van der Waals surface area contributed by atoms with Crippen LogP contribution in [-0.2, 0) is 0 Å². The van der Waals surface area contributed by atoms with Crippen LogP contribution < -0.4 is 0 Å². The van der Waals surface area contributed by atoms with Crippen LogP contribution in [0.15, 0.2) is 152 Å². The number of rotatable bonds is 6. The third-order valence-electron chi connectivity index (χ3n) is 7.24. The van der Waals surface area contributed by atoms with E-state index < -0.39 is 0 Å². The molecule has 7 rings (SSSR count). The van der Waals surface area contributed by atoms with Crippen molar-refractivity contribution in [2.45, 2.75) is 0 Å². The Kier molecular flexibility index (Phi) is 6.78. The van der Waals surface area contributed by atoms with Crippen LogP contribution in [0.4, 0.5) is 0 Å². The summed E-state index contributed by atoms with van der Waals surface area (Å²) in [6.45, 7) is 0. The first-order valence-electron chi connectivity index (χ1n) is 13.9. The predicted molar refractivity (Wildman–Crippen MR) is 170 cm³/mol. The summed E-state index contributed by atoms with van der Waals surface area (Å²) >= 11 is 0. The van der Waals surface area contributed by atoms with Crippen LogP contribution in [0.1, 0.15) is 0 Å². The lowest BCUT2D eigenvalue weighted by Crippen LogP contribution is -2.00. The normalized spacial score (nSPS) is 10.7. The number of benzene rings is 5. The summed E-state index contributed by atoms with van der Waals surface area (Å²) in [6.07, 6.45) is 0. The molecule has 1 heterocycles. The van der Waals surface area contributed by atoms with Gasteiger partial charge in [0.1, 0.15) is 0 Å². The zero-order valence-corrected chi connectivity index (χ0v) is 22.8. The van der Waals surface area contributed by atoms with E-state index in [4.69, 9.17) is 15.0 Å². The zero-order valence-electron chi connectivity index (χ0n) is 22.8. The van der Waals surface area contributed by atoms with Crippen molar-refractivity contribution in [3.63, 3.8) is 0 Å². The minimum atomic E-state index is 0.629. The molecular weight excluding hydrogens is 510 g/mol. The summed E-state index contributed by atoms with van der Waals surface area (Å²) in [5.74, 6) is 1.90. The van der Waals surface area contributed by atoms with Gasteiger partial charge in [-0.15, -0.1) is 0 Å². The van der Waals surface area contributed by atoms with Crippen molar-refractivity contribution in [3.05, 3.63) is 164 Å². The molecule has 42 heavy (non-hydrogen) atoms. The topological polar surface area (TPSA) is 38.7 Å². The average Bonchev–Trinajstić information content (AvgIpc) is 3.09. The molecule has 3 nitrogen and oxygen atoms in total. The number of aromatic nitrogens is 3. The lowest BCUT2D eigenvalue weighted by Gasteiger charge is -2.10. The van der Waals surface area contributed by atoms with E-state index in [1.165, 1.54) is 11.1 Å². The Bertz CT molecular complexity index is 1670. The van der Waals surface area contributed by atoms with Gasteiger partial charge in [0.15, 0.2) is 17.5 Å². The number of nitrogens with zero attached hydrogens (tertiary/aromatic N) is 3. The molecule has 0 aliphatic rings. The first-order valence-corrected chi connectivity index (χ1v) is 13.9. The van der Waals surface area contributed by atoms with Gasteiger partial charge >= 0.3 is 0 Å². The van der Waals surface area contributed by atoms with Crippen molar-refractivity contribution in [2.75, 3.05) is 0 Å². The molecule has 3 heteroatoms. The van der Waals surface area contributed by atoms with Gasteiger partial charge in [-0.05, 0) is 39.9 Å². The second-order valence-electron chi connectivity index (χ2n) is 9.98. The molecule has 7 aromatic rings. The Morgan fingerprint density at radius 2 is 0.667 bits per heavy atom. The summed E-state index contributed by atoms with van der Waals surface area (Å²) in [5, 5.41) is 0. The molecule has 0 bridgehead atoms. The van der Waals surface area contributed by atoms with E-state index in [-0.39, 0.29) is 0 Å². The van der Waals surface area contributed by atoms with Gasteiger partial charge in [0.2, 0.25) is 0 Å². The Morgan fingerprint density at radius 1 is 0.310 bits per heavy atom. The number of hydrogen-bond donors (Lipinski definition) is 0. The molecular formula is C39H25N3. The van der Waals surface area contributed by atoms with Crippen LogP contribution in [0.2, 0.25) is 0 Å². The summed E-state index contributed by atoms with van der Waals surface area (Å²) in [4.78, 5) is 14.8. The first kappa shape index (κ1) is 25.1. The lowest BCUT2D eigenvalue weighted by molar-refractivity contribution is 1.07. The third kappa shape index (κ3) is 5.30. The molecule has 6 aromatic carbocycles. The maximum atomic E-state index is 4.94. The molecule has 0 aliphatic carbocycles. The molecule has 0 amide bonds. The van der Waals surface area contributed by atoms with Gasteiger partial charge in [-0.1, -0.05) is 152 Å².